The zero-order valence-corrected chi connectivity index (χ0v) is 20.5. The van der Waals surface area contributed by atoms with E-state index in [1.54, 1.807) is 7.11 Å². The molecule has 0 bridgehead atoms. The summed E-state index contributed by atoms with van der Waals surface area (Å²) in [6.45, 7) is 17.9. The van der Waals surface area contributed by atoms with Crippen LogP contribution in [0.3, 0.4) is 0 Å². The smallest absolute Gasteiger partial charge is 0.497 e. The van der Waals surface area contributed by atoms with Gasteiger partial charge in [0.1, 0.15) is 5.75 Å². The summed E-state index contributed by atoms with van der Waals surface area (Å²) in [5.74, 6) is 0.929. The van der Waals surface area contributed by atoms with Crippen LogP contribution < -0.4 is 10.1 Å². The largest absolute Gasteiger partial charge is 2.00 e. The number of unbranched alkanes of at least 4 members (excludes halogenated alkanes) is 1. The Morgan fingerprint density at radius 1 is 1.14 bits per heavy atom. The van der Waals surface area contributed by atoms with E-state index in [1.165, 1.54) is 5.56 Å². The van der Waals surface area contributed by atoms with Crippen molar-refractivity contribution in [2.24, 2.45) is 5.41 Å². The molecule has 0 fully saturated rings. The van der Waals surface area contributed by atoms with Gasteiger partial charge in [0.05, 0.1) is 13.2 Å². The molecule has 0 heterocycles. The maximum Gasteiger partial charge on any atom is 2.00 e. The van der Waals surface area contributed by atoms with Gasteiger partial charge in [0, 0.05) is 18.1 Å². The number of carbonyl (C=O) groups is 1. The number of rotatable bonds is 10. The number of aryl methyl sites for hydroxylation is 1. The molecule has 1 rings (SSSR count). The van der Waals surface area contributed by atoms with Crippen LogP contribution in [0.4, 0.5) is 0 Å². The van der Waals surface area contributed by atoms with Gasteiger partial charge in [0.15, 0.2) is 0 Å². The van der Waals surface area contributed by atoms with Gasteiger partial charge >= 0.3 is 17.4 Å². The van der Waals surface area contributed by atoms with Gasteiger partial charge in [-0.1, -0.05) is 39.8 Å². The van der Waals surface area contributed by atoms with Crippen LogP contribution in [0.25, 0.3) is 0 Å². The SMILES string of the molecule is [CH2-]CC.[CH2-]CC(OCCCCc1ccc(OC)cc1)C(C)NC(=O)C(C)(C)C.[Cr+2]. The molecule has 4 nitrogen and oxygen atoms in total. The van der Waals surface area contributed by atoms with E-state index in [1.807, 2.05) is 46.8 Å². The first-order valence-electron chi connectivity index (χ1n) is 10.3. The first kappa shape index (κ1) is 30.2. The fourth-order valence-corrected chi connectivity index (χ4v) is 2.45. The molecule has 1 N–H and O–H groups in total. The van der Waals surface area contributed by atoms with Crippen LogP contribution >= 0.6 is 0 Å². The Morgan fingerprint density at radius 3 is 2.14 bits per heavy atom. The van der Waals surface area contributed by atoms with Gasteiger partial charge in [0.2, 0.25) is 5.91 Å². The summed E-state index contributed by atoms with van der Waals surface area (Å²) in [6, 6.07) is 8.14. The second-order valence-corrected chi connectivity index (χ2v) is 8.02. The summed E-state index contributed by atoms with van der Waals surface area (Å²) in [5.41, 5.74) is 0.915. The van der Waals surface area contributed by atoms with Crippen molar-refractivity contribution >= 4 is 5.91 Å². The van der Waals surface area contributed by atoms with Crippen molar-refractivity contribution < 1.29 is 31.6 Å². The Labute approximate surface area is 190 Å². The molecule has 1 aromatic carbocycles. The van der Waals surface area contributed by atoms with E-state index in [0.29, 0.717) is 13.0 Å². The van der Waals surface area contributed by atoms with Crippen LogP contribution in [0, 0.1) is 19.3 Å². The summed E-state index contributed by atoms with van der Waals surface area (Å²) < 4.78 is 11.1. The molecule has 0 spiro atoms. The van der Waals surface area contributed by atoms with E-state index in [-0.39, 0.29) is 35.4 Å². The number of amides is 1. The molecule has 1 amide bonds. The van der Waals surface area contributed by atoms with Crippen molar-refractivity contribution in [3.05, 3.63) is 43.7 Å². The average molecular weight is 444 g/mol. The second kappa shape index (κ2) is 16.7. The van der Waals surface area contributed by atoms with Gasteiger partial charge in [-0.3, -0.25) is 4.79 Å². The Kier molecular flexibility index (Phi) is 17.4. The standard InChI is InChI=1S/C21H34NO3.C3H7.Cr/c1-7-19(16(2)22-20(23)21(3,4)5)25-15-9-8-10-17-11-13-18(24-6)14-12-17;1-3-2;/h11-14,16,19H,1,7-10,15H2,2-6H3,(H,22,23);1,3H2,2H3;/q2*-1;+2. The first-order chi connectivity index (χ1) is 13.2. The molecule has 0 aliphatic heterocycles. The maximum atomic E-state index is 12.1. The van der Waals surface area contributed by atoms with Gasteiger partial charge < -0.3 is 28.6 Å². The Balaban J connectivity index is 0. The molecule has 2 unspecified atom stereocenters. The van der Waals surface area contributed by atoms with E-state index in [2.05, 4.69) is 31.3 Å². The molecule has 29 heavy (non-hydrogen) atoms. The molecular weight excluding hydrogens is 402 g/mol. The van der Waals surface area contributed by atoms with E-state index in [0.717, 1.165) is 31.4 Å². The molecule has 0 saturated heterocycles. The molecule has 166 valence electrons. The number of benzene rings is 1. The second-order valence-electron chi connectivity index (χ2n) is 8.02. The first-order valence-corrected chi connectivity index (χ1v) is 10.3. The molecule has 0 radical (unpaired) electrons. The van der Waals surface area contributed by atoms with Crippen molar-refractivity contribution in [2.75, 3.05) is 13.7 Å². The van der Waals surface area contributed by atoms with Crippen molar-refractivity contribution in [1.29, 1.82) is 0 Å². The Hall–Kier alpha value is -1.02. The molecule has 0 aromatic heterocycles. The fraction of sp³-hybridized carbons (Fsp3) is 0.625. The third-order valence-corrected chi connectivity index (χ3v) is 4.23. The molecule has 0 aliphatic rings. The topological polar surface area (TPSA) is 47.6 Å². The van der Waals surface area contributed by atoms with Crippen LogP contribution in [-0.2, 0) is 33.3 Å². The van der Waals surface area contributed by atoms with E-state index in [4.69, 9.17) is 9.47 Å². The number of hydrogen-bond acceptors (Lipinski definition) is 3. The Morgan fingerprint density at radius 2 is 1.69 bits per heavy atom. The van der Waals surface area contributed by atoms with Crippen LogP contribution in [0.15, 0.2) is 24.3 Å². The summed E-state index contributed by atoms with van der Waals surface area (Å²) in [5, 5.41) is 3.03. The van der Waals surface area contributed by atoms with Crippen LogP contribution in [0.5, 0.6) is 5.75 Å². The van der Waals surface area contributed by atoms with Gasteiger partial charge in [-0.2, -0.15) is 12.8 Å². The van der Waals surface area contributed by atoms with Crippen LogP contribution in [0.2, 0.25) is 0 Å². The molecule has 1 aromatic rings. The van der Waals surface area contributed by atoms with Crippen molar-refractivity contribution in [1.82, 2.24) is 5.32 Å². The zero-order chi connectivity index (χ0) is 21.6. The minimum Gasteiger partial charge on any atom is -0.497 e. The van der Waals surface area contributed by atoms with E-state index >= 15 is 0 Å². The van der Waals surface area contributed by atoms with Crippen molar-refractivity contribution in [2.45, 2.75) is 78.9 Å². The maximum absolute atomic E-state index is 12.1. The molecule has 0 saturated carbocycles. The van der Waals surface area contributed by atoms with Gasteiger partial charge in [-0.25, -0.2) is 0 Å². The quantitative estimate of drug-likeness (QED) is 0.389. The van der Waals surface area contributed by atoms with Gasteiger partial charge in [0.25, 0.3) is 0 Å². The number of carbonyl (C=O) groups excluding carboxylic acids is 1. The Bertz CT molecular complexity index is 526. The molecule has 5 heteroatoms. The van der Waals surface area contributed by atoms with E-state index < -0.39 is 5.41 Å². The summed E-state index contributed by atoms with van der Waals surface area (Å²) >= 11 is 0. The molecular formula is C24H41CrNO3. The summed E-state index contributed by atoms with van der Waals surface area (Å²) in [6.07, 6.45) is 4.68. The van der Waals surface area contributed by atoms with Crippen molar-refractivity contribution in [3.8, 4) is 5.75 Å². The van der Waals surface area contributed by atoms with Crippen LogP contribution in [-0.4, -0.2) is 31.8 Å². The third-order valence-electron chi connectivity index (χ3n) is 4.23. The zero-order valence-electron chi connectivity index (χ0n) is 19.3. The monoisotopic (exact) mass is 443 g/mol. The third kappa shape index (κ3) is 13.8. The number of ether oxygens (including phenoxy) is 2. The summed E-state index contributed by atoms with van der Waals surface area (Å²) in [7, 11) is 1.68. The van der Waals surface area contributed by atoms with Gasteiger partial charge in [-0.05, 0) is 43.9 Å². The van der Waals surface area contributed by atoms with Crippen LogP contribution in [0.1, 0.15) is 65.9 Å². The van der Waals surface area contributed by atoms with Gasteiger partial charge in [-0.15, -0.1) is 0 Å². The summed E-state index contributed by atoms with van der Waals surface area (Å²) in [4.78, 5) is 12.1. The number of methoxy groups -OCH3 is 1. The minimum absolute atomic E-state index is 0. The average Bonchev–Trinajstić information content (AvgIpc) is 2.65. The fourth-order valence-electron chi connectivity index (χ4n) is 2.45. The predicted octanol–water partition coefficient (Wildman–Crippen LogP) is 5.41. The number of hydrogen-bond donors (Lipinski definition) is 1. The molecule has 0 aliphatic carbocycles. The minimum atomic E-state index is -0.391. The normalized spacial score (nSPS) is 12.7. The predicted molar refractivity (Wildman–Crippen MR) is 118 cm³/mol. The van der Waals surface area contributed by atoms with E-state index in [9.17, 15) is 4.79 Å². The number of nitrogens with one attached hydrogen (secondary N) is 1. The van der Waals surface area contributed by atoms with Crippen molar-refractivity contribution in [3.63, 3.8) is 0 Å². The molecule has 2 atom stereocenters.